The van der Waals surface area contributed by atoms with Crippen molar-refractivity contribution in [3.63, 3.8) is 0 Å². The van der Waals surface area contributed by atoms with Crippen LogP contribution in [0.5, 0.6) is 0 Å². The van der Waals surface area contributed by atoms with E-state index in [1.807, 2.05) is 13.8 Å². The van der Waals surface area contributed by atoms with Crippen LogP contribution in [0.4, 0.5) is 0 Å². The molecule has 0 N–H and O–H groups in total. The summed E-state index contributed by atoms with van der Waals surface area (Å²) in [6, 6.07) is 0.736. The Bertz CT molecular complexity index is 86.6. The van der Waals surface area contributed by atoms with Crippen molar-refractivity contribution in [1.82, 2.24) is 4.90 Å². The quantitative estimate of drug-likeness (QED) is 0.482. The summed E-state index contributed by atoms with van der Waals surface area (Å²) in [6.07, 6.45) is 5.55. The lowest BCUT2D eigenvalue weighted by Crippen LogP contribution is -2.17. The molecule has 0 aromatic carbocycles. The van der Waals surface area contributed by atoms with Gasteiger partial charge >= 0.3 is 0 Å². The zero-order valence-electron chi connectivity index (χ0n) is 6.89. The van der Waals surface area contributed by atoms with E-state index < -0.39 is 0 Å². The molecule has 0 saturated carbocycles. The molecule has 0 unspecified atom stereocenters. The second-order valence-electron chi connectivity index (χ2n) is 2.13. The second-order valence-corrected chi connectivity index (χ2v) is 2.13. The van der Waals surface area contributed by atoms with E-state index in [-0.39, 0.29) is 0 Å². The van der Waals surface area contributed by atoms with Gasteiger partial charge in [-0.3, -0.25) is 0 Å². The zero-order chi connectivity index (χ0) is 7.28. The molecule has 0 radical (unpaired) electrons. The molecule has 1 heterocycles. The van der Waals surface area contributed by atoms with Gasteiger partial charge in [-0.2, -0.15) is 0 Å². The average Bonchev–Trinajstić information content (AvgIpc) is 2.23. The van der Waals surface area contributed by atoms with Gasteiger partial charge in [-0.15, -0.1) is 0 Å². The van der Waals surface area contributed by atoms with Crippen molar-refractivity contribution in [2.45, 2.75) is 33.2 Å². The molecule has 9 heavy (non-hydrogen) atoms. The van der Waals surface area contributed by atoms with Crippen LogP contribution in [0.3, 0.4) is 0 Å². The standard InChI is InChI=1S/C6H11N.C2H6/c1-6-4-3-5-7(6)2;1-2/h3,5-6H,4H2,1-2H3;1-2H3/t6-;/m1./s1. The smallest absolute Gasteiger partial charge is 0.0287 e. The van der Waals surface area contributed by atoms with E-state index in [1.165, 1.54) is 6.42 Å². The van der Waals surface area contributed by atoms with Gasteiger partial charge in [0.1, 0.15) is 0 Å². The first-order valence-electron chi connectivity index (χ1n) is 3.69. The van der Waals surface area contributed by atoms with Crippen LogP contribution in [0.2, 0.25) is 0 Å². The number of nitrogens with zero attached hydrogens (tertiary/aromatic N) is 1. The third-order valence-electron chi connectivity index (χ3n) is 1.51. The molecule has 0 saturated heterocycles. The molecule has 1 heteroatoms. The van der Waals surface area contributed by atoms with Gasteiger partial charge in [-0.05, 0) is 19.5 Å². The van der Waals surface area contributed by atoms with Gasteiger partial charge in [0.25, 0.3) is 0 Å². The van der Waals surface area contributed by atoms with Crippen molar-refractivity contribution in [3.8, 4) is 0 Å². The van der Waals surface area contributed by atoms with Crippen molar-refractivity contribution < 1.29 is 0 Å². The van der Waals surface area contributed by atoms with Crippen molar-refractivity contribution in [2.75, 3.05) is 7.05 Å². The maximum Gasteiger partial charge on any atom is 0.0287 e. The first-order chi connectivity index (χ1) is 4.30. The molecule has 0 bridgehead atoms. The van der Waals surface area contributed by atoms with Gasteiger partial charge in [-0.25, -0.2) is 0 Å². The van der Waals surface area contributed by atoms with E-state index in [4.69, 9.17) is 0 Å². The summed E-state index contributed by atoms with van der Waals surface area (Å²) in [5.41, 5.74) is 0. The van der Waals surface area contributed by atoms with Gasteiger partial charge < -0.3 is 4.90 Å². The minimum absolute atomic E-state index is 0.736. The highest BCUT2D eigenvalue weighted by molar-refractivity contribution is 4.93. The van der Waals surface area contributed by atoms with E-state index in [9.17, 15) is 0 Å². The molecule has 0 aromatic heterocycles. The van der Waals surface area contributed by atoms with E-state index in [0.29, 0.717) is 0 Å². The summed E-state index contributed by atoms with van der Waals surface area (Å²) in [6.45, 7) is 6.22. The Labute approximate surface area is 58.4 Å². The summed E-state index contributed by atoms with van der Waals surface area (Å²) in [7, 11) is 2.11. The topological polar surface area (TPSA) is 3.24 Å². The molecule has 1 rings (SSSR count). The number of hydrogen-bond acceptors (Lipinski definition) is 1. The first-order valence-corrected chi connectivity index (χ1v) is 3.69. The molecule has 1 aliphatic heterocycles. The fraction of sp³-hybridized carbons (Fsp3) is 0.750. The minimum atomic E-state index is 0.736. The Kier molecular flexibility index (Phi) is 4.20. The highest BCUT2D eigenvalue weighted by Crippen LogP contribution is 2.08. The fourth-order valence-electron chi connectivity index (χ4n) is 0.737. The molecular formula is C8H17N. The molecule has 0 aliphatic carbocycles. The lowest BCUT2D eigenvalue weighted by molar-refractivity contribution is 0.383. The van der Waals surface area contributed by atoms with Crippen LogP contribution < -0.4 is 0 Å². The maximum absolute atomic E-state index is 2.22. The van der Waals surface area contributed by atoms with Gasteiger partial charge in [0.15, 0.2) is 0 Å². The number of rotatable bonds is 0. The van der Waals surface area contributed by atoms with Gasteiger partial charge in [0.05, 0.1) is 0 Å². The summed E-state index contributed by atoms with van der Waals surface area (Å²) in [4.78, 5) is 2.22. The predicted octanol–water partition coefficient (Wildman–Crippen LogP) is 2.25. The third kappa shape index (κ3) is 2.54. The van der Waals surface area contributed by atoms with Crippen LogP contribution in [0.25, 0.3) is 0 Å². The van der Waals surface area contributed by atoms with Crippen LogP contribution in [0, 0.1) is 0 Å². The predicted molar refractivity (Wildman–Crippen MR) is 42.3 cm³/mol. The molecule has 0 amide bonds. The van der Waals surface area contributed by atoms with Gasteiger partial charge in [-0.1, -0.05) is 19.9 Å². The van der Waals surface area contributed by atoms with Crippen molar-refractivity contribution in [1.29, 1.82) is 0 Å². The monoisotopic (exact) mass is 127 g/mol. The Balaban J connectivity index is 0.000000291. The fourth-order valence-corrected chi connectivity index (χ4v) is 0.737. The van der Waals surface area contributed by atoms with Crippen LogP contribution in [0.1, 0.15) is 27.2 Å². The van der Waals surface area contributed by atoms with E-state index in [1.54, 1.807) is 0 Å². The molecule has 1 atom stereocenters. The van der Waals surface area contributed by atoms with Crippen LogP contribution >= 0.6 is 0 Å². The van der Waals surface area contributed by atoms with Crippen molar-refractivity contribution in [2.24, 2.45) is 0 Å². The second kappa shape index (κ2) is 4.42. The Morgan fingerprint density at radius 3 is 2.11 bits per heavy atom. The SMILES string of the molecule is CC.C[C@@H]1CC=CN1C. The maximum atomic E-state index is 2.22. The molecule has 0 aromatic rings. The summed E-state index contributed by atoms with van der Waals surface area (Å²) in [5, 5.41) is 0. The van der Waals surface area contributed by atoms with Crippen LogP contribution in [0.15, 0.2) is 12.3 Å². The van der Waals surface area contributed by atoms with Gasteiger partial charge in [0.2, 0.25) is 0 Å². The normalized spacial score (nSPS) is 23.6. The molecular weight excluding hydrogens is 110 g/mol. The Morgan fingerprint density at radius 2 is 2.00 bits per heavy atom. The highest BCUT2D eigenvalue weighted by atomic mass is 15.1. The first kappa shape index (κ1) is 8.54. The van der Waals surface area contributed by atoms with E-state index in [0.717, 1.165) is 6.04 Å². The third-order valence-corrected chi connectivity index (χ3v) is 1.51. The lowest BCUT2D eigenvalue weighted by Gasteiger charge is -2.14. The summed E-state index contributed by atoms with van der Waals surface area (Å²) in [5.74, 6) is 0. The molecule has 0 spiro atoms. The van der Waals surface area contributed by atoms with E-state index in [2.05, 4.69) is 31.1 Å². The highest BCUT2D eigenvalue weighted by Gasteiger charge is 2.06. The Hall–Kier alpha value is -0.460. The van der Waals surface area contributed by atoms with E-state index >= 15 is 0 Å². The lowest BCUT2D eigenvalue weighted by atomic mass is 10.3. The minimum Gasteiger partial charge on any atom is -0.378 e. The summed E-state index contributed by atoms with van der Waals surface area (Å²) >= 11 is 0. The zero-order valence-corrected chi connectivity index (χ0v) is 6.89. The largest absolute Gasteiger partial charge is 0.378 e. The van der Waals surface area contributed by atoms with Gasteiger partial charge in [0, 0.05) is 13.1 Å². The molecule has 54 valence electrons. The van der Waals surface area contributed by atoms with Crippen LogP contribution in [-0.2, 0) is 0 Å². The molecule has 1 aliphatic rings. The van der Waals surface area contributed by atoms with Crippen LogP contribution in [-0.4, -0.2) is 18.0 Å². The van der Waals surface area contributed by atoms with Crippen molar-refractivity contribution in [3.05, 3.63) is 12.3 Å². The van der Waals surface area contributed by atoms with Crippen molar-refractivity contribution >= 4 is 0 Å². The summed E-state index contributed by atoms with van der Waals surface area (Å²) < 4.78 is 0. The molecule has 0 fully saturated rings. The number of hydrogen-bond donors (Lipinski definition) is 0. The average molecular weight is 127 g/mol. The molecule has 1 nitrogen and oxygen atoms in total. The Morgan fingerprint density at radius 1 is 1.44 bits per heavy atom.